The monoisotopic (exact) mass is 332 g/mol. The van der Waals surface area contributed by atoms with Crippen molar-refractivity contribution in [2.75, 3.05) is 5.73 Å². The van der Waals surface area contributed by atoms with Gasteiger partial charge in [-0.15, -0.1) is 0 Å². The van der Waals surface area contributed by atoms with Crippen molar-refractivity contribution in [2.24, 2.45) is 0 Å². The molecule has 2 N–H and O–H groups in total. The van der Waals surface area contributed by atoms with Crippen LogP contribution in [0.1, 0.15) is 22.5 Å². The number of carbonyl (C=O) groups excluding carboxylic acids is 1. The third kappa shape index (κ3) is 2.11. The number of hydrogen-bond acceptors (Lipinski definition) is 3. The second-order valence-electron chi connectivity index (χ2n) is 2.36. The molecule has 0 aliphatic rings. The minimum Gasteiger partial charge on any atom is -0.397 e. The van der Waals surface area contributed by atoms with Gasteiger partial charge in [0.15, 0.2) is 0 Å². The van der Waals surface area contributed by atoms with Crippen LogP contribution in [0.4, 0.5) is 14.5 Å². The van der Waals surface area contributed by atoms with Crippen LogP contribution in [0.15, 0.2) is 6.20 Å². The van der Waals surface area contributed by atoms with Crippen molar-refractivity contribution < 1.29 is 13.6 Å². The summed E-state index contributed by atoms with van der Waals surface area (Å²) in [6, 6.07) is 0. The van der Waals surface area contributed by atoms with E-state index in [0.29, 0.717) is 3.57 Å². The lowest BCUT2D eigenvalue weighted by Gasteiger charge is -2.08. The molecule has 0 bridgehead atoms. The minimum atomic E-state index is -2.87. The molecule has 76 valence electrons. The van der Waals surface area contributed by atoms with E-state index in [1.165, 1.54) is 6.20 Å². The molecular formula is C7H4ClF2IN2O. The van der Waals surface area contributed by atoms with Crippen LogP contribution in [0.25, 0.3) is 0 Å². The zero-order valence-electron chi connectivity index (χ0n) is 6.60. The fourth-order valence-corrected chi connectivity index (χ4v) is 1.47. The summed E-state index contributed by atoms with van der Waals surface area (Å²) in [4.78, 5) is 14.3. The van der Waals surface area contributed by atoms with Crippen molar-refractivity contribution in [3.05, 3.63) is 21.0 Å². The first-order chi connectivity index (χ1) is 6.45. The van der Waals surface area contributed by atoms with Crippen LogP contribution in [0.2, 0.25) is 0 Å². The Hall–Kier alpha value is -0.500. The van der Waals surface area contributed by atoms with Crippen LogP contribution >= 0.6 is 34.2 Å². The van der Waals surface area contributed by atoms with Gasteiger partial charge in [-0.05, 0) is 34.2 Å². The lowest BCUT2D eigenvalue weighted by molar-refractivity contribution is 0.106. The first-order valence-electron chi connectivity index (χ1n) is 3.37. The third-order valence-electron chi connectivity index (χ3n) is 1.51. The molecule has 1 aromatic heterocycles. The van der Waals surface area contributed by atoms with Gasteiger partial charge in [0, 0.05) is 6.20 Å². The molecule has 1 aromatic rings. The molecule has 0 saturated heterocycles. The predicted molar refractivity (Wildman–Crippen MR) is 56.5 cm³/mol. The molecule has 1 heterocycles. The summed E-state index contributed by atoms with van der Waals surface area (Å²) >= 11 is 6.83. The van der Waals surface area contributed by atoms with E-state index in [4.69, 9.17) is 17.3 Å². The van der Waals surface area contributed by atoms with Crippen LogP contribution in [-0.2, 0) is 0 Å². The Morgan fingerprint density at radius 1 is 1.64 bits per heavy atom. The Morgan fingerprint density at radius 3 is 2.64 bits per heavy atom. The third-order valence-corrected chi connectivity index (χ3v) is 2.55. The van der Waals surface area contributed by atoms with Gasteiger partial charge < -0.3 is 5.73 Å². The Kier molecular flexibility index (Phi) is 3.59. The topological polar surface area (TPSA) is 56.0 Å². The van der Waals surface area contributed by atoms with Crippen molar-refractivity contribution in [2.45, 2.75) is 6.43 Å². The molecule has 7 heteroatoms. The maximum atomic E-state index is 12.5. The molecule has 1 rings (SSSR count). The van der Waals surface area contributed by atoms with Gasteiger partial charge in [-0.1, -0.05) is 0 Å². The van der Waals surface area contributed by atoms with E-state index in [1.807, 2.05) is 0 Å². The first kappa shape index (κ1) is 11.6. The number of hydrogen-bond donors (Lipinski definition) is 1. The van der Waals surface area contributed by atoms with Gasteiger partial charge in [-0.2, -0.15) is 0 Å². The van der Waals surface area contributed by atoms with E-state index in [2.05, 4.69) is 4.98 Å². The number of nitrogens with zero attached hydrogens (tertiary/aromatic N) is 1. The molecule has 0 spiro atoms. The van der Waals surface area contributed by atoms with E-state index in [-0.39, 0.29) is 5.69 Å². The Morgan fingerprint density at radius 2 is 2.21 bits per heavy atom. The van der Waals surface area contributed by atoms with Gasteiger partial charge in [0.2, 0.25) is 0 Å². The fraction of sp³-hybridized carbons (Fsp3) is 0.143. The molecule has 3 nitrogen and oxygen atoms in total. The summed E-state index contributed by atoms with van der Waals surface area (Å²) in [5.74, 6) is 0. The number of halogens is 4. The largest absolute Gasteiger partial charge is 0.397 e. The highest BCUT2D eigenvalue weighted by Crippen LogP contribution is 2.31. The molecule has 0 aliphatic carbocycles. The molecule has 0 radical (unpaired) electrons. The molecular weight excluding hydrogens is 328 g/mol. The zero-order valence-corrected chi connectivity index (χ0v) is 9.51. The van der Waals surface area contributed by atoms with Crippen molar-refractivity contribution in [3.63, 3.8) is 0 Å². The summed E-state index contributed by atoms with van der Waals surface area (Å²) in [6.45, 7) is 0. The van der Waals surface area contributed by atoms with E-state index < -0.39 is 22.9 Å². The fourth-order valence-electron chi connectivity index (χ4n) is 0.894. The summed E-state index contributed by atoms with van der Waals surface area (Å²) in [5, 5.41) is -1.04. The number of rotatable bonds is 2. The molecule has 0 fully saturated rings. The highest BCUT2D eigenvalue weighted by molar-refractivity contribution is 14.1. The van der Waals surface area contributed by atoms with E-state index in [9.17, 15) is 13.6 Å². The predicted octanol–water partition coefficient (Wildman–Crippen LogP) is 2.58. The number of anilines is 1. The average molecular weight is 332 g/mol. The number of carbonyl (C=O) groups is 1. The first-order valence-corrected chi connectivity index (χ1v) is 4.82. The van der Waals surface area contributed by atoms with Gasteiger partial charge >= 0.3 is 0 Å². The van der Waals surface area contributed by atoms with Gasteiger partial charge in [-0.3, -0.25) is 4.79 Å². The SMILES string of the molecule is Nc1c(I)cnc(C(=O)Cl)c1C(F)F. The molecule has 0 saturated carbocycles. The highest BCUT2D eigenvalue weighted by atomic mass is 127. The van der Waals surface area contributed by atoms with E-state index in [1.54, 1.807) is 22.6 Å². The molecule has 0 atom stereocenters. The van der Waals surface area contributed by atoms with Gasteiger partial charge in [0.1, 0.15) is 5.69 Å². The van der Waals surface area contributed by atoms with Gasteiger partial charge in [-0.25, -0.2) is 13.8 Å². The van der Waals surface area contributed by atoms with Crippen LogP contribution in [-0.4, -0.2) is 10.2 Å². The Bertz CT molecular complexity index is 386. The van der Waals surface area contributed by atoms with Crippen LogP contribution in [0, 0.1) is 3.57 Å². The molecule has 0 amide bonds. The second kappa shape index (κ2) is 4.35. The average Bonchev–Trinajstić information content (AvgIpc) is 2.08. The van der Waals surface area contributed by atoms with Gasteiger partial charge in [0.05, 0.1) is 14.8 Å². The summed E-state index contributed by atoms with van der Waals surface area (Å²) in [5.41, 5.74) is 4.14. The maximum absolute atomic E-state index is 12.5. The maximum Gasteiger partial charge on any atom is 0.271 e. The van der Waals surface area contributed by atoms with Gasteiger partial charge in [0.25, 0.3) is 11.7 Å². The van der Waals surface area contributed by atoms with E-state index >= 15 is 0 Å². The minimum absolute atomic E-state index is 0.153. The lowest BCUT2D eigenvalue weighted by Crippen LogP contribution is -2.07. The summed E-state index contributed by atoms with van der Waals surface area (Å²) in [6.07, 6.45) is -1.65. The number of nitrogens with two attached hydrogens (primary N) is 1. The van der Waals surface area contributed by atoms with Crippen LogP contribution < -0.4 is 5.73 Å². The Labute approximate surface area is 96.8 Å². The Balaban J connectivity index is 3.45. The van der Waals surface area contributed by atoms with Crippen molar-refractivity contribution in [1.82, 2.24) is 4.98 Å². The highest BCUT2D eigenvalue weighted by Gasteiger charge is 2.23. The summed E-state index contributed by atoms with van der Waals surface area (Å²) in [7, 11) is 0. The smallest absolute Gasteiger partial charge is 0.271 e. The molecule has 0 unspecified atom stereocenters. The summed E-state index contributed by atoms with van der Waals surface area (Å²) < 4.78 is 25.3. The number of nitrogen functional groups attached to an aromatic ring is 1. The molecule has 0 aromatic carbocycles. The number of alkyl halides is 2. The molecule has 14 heavy (non-hydrogen) atoms. The van der Waals surface area contributed by atoms with Crippen LogP contribution in [0.5, 0.6) is 0 Å². The van der Waals surface area contributed by atoms with Crippen molar-refractivity contribution >= 4 is 45.1 Å². The lowest BCUT2D eigenvalue weighted by atomic mass is 10.2. The quantitative estimate of drug-likeness (QED) is 0.669. The molecule has 0 aliphatic heterocycles. The standard InChI is InChI=1S/C7H4ClF2IN2O/c8-6(14)5-3(7(9)10)4(12)2(11)1-13-5/h1,7H,(H2,12,13). The van der Waals surface area contributed by atoms with Crippen molar-refractivity contribution in [1.29, 1.82) is 0 Å². The normalized spacial score (nSPS) is 10.6. The second-order valence-corrected chi connectivity index (χ2v) is 3.86. The van der Waals surface area contributed by atoms with E-state index in [0.717, 1.165) is 0 Å². The number of aromatic nitrogens is 1. The van der Waals surface area contributed by atoms with Crippen LogP contribution in [0.3, 0.4) is 0 Å². The zero-order chi connectivity index (χ0) is 10.9. The number of pyridine rings is 1. The van der Waals surface area contributed by atoms with Crippen molar-refractivity contribution in [3.8, 4) is 0 Å².